The maximum absolute atomic E-state index is 9.14. The van der Waals surface area contributed by atoms with Gasteiger partial charge in [-0.3, -0.25) is 5.21 Å². The van der Waals surface area contributed by atoms with Gasteiger partial charge in [-0.05, 0) is 10.3 Å². The van der Waals surface area contributed by atoms with Crippen molar-refractivity contribution in [3.05, 3.63) is 0 Å². The van der Waals surface area contributed by atoms with Crippen LogP contribution in [0.2, 0.25) is 0 Å². The Hall–Kier alpha value is -1.96. The first-order valence-electron chi connectivity index (χ1n) is 3.37. The zero-order valence-corrected chi connectivity index (χ0v) is 6.67. The van der Waals surface area contributed by atoms with Crippen LogP contribution in [0.5, 0.6) is 0 Å². The van der Waals surface area contributed by atoms with Crippen LogP contribution in [0.3, 0.4) is 0 Å². The normalized spacial score (nSPS) is 10.6. The van der Waals surface area contributed by atoms with Gasteiger partial charge in [0, 0.05) is 7.05 Å². The number of hydroxylamine groups is 1. The first-order chi connectivity index (χ1) is 6.18. The summed E-state index contributed by atoms with van der Waals surface area (Å²) >= 11 is 0. The van der Waals surface area contributed by atoms with Gasteiger partial charge in [-0.1, -0.05) is 0 Å². The van der Waals surface area contributed by atoms with Crippen molar-refractivity contribution in [2.75, 3.05) is 17.8 Å². The highest BCUT2D eigenvalue weighted by Gasteiger charge is 2.13. The van der Waals surface area contributed by atoms with Crippen LogP contribution in [0.25, 0.3) is 11.2 Å². The van der Waals surface area contributed by atoms with Crippen LogP contribution in [0.4, 0.5) is 11.8 Å². The highest BCUT2D eigenvalue weighted by atomic mass is 16.6. The van der Waals surface area contributed by atoms with Crippen molar-refractivity contribution in [2.24, 2.45) is 0 Å². The number of hydrogen-bond acceptors (Lipinski definition) is 8. The fraction of sp³-hybridized carbons (Fsp3) is 0.200. The number of hydrogen-bond donors (Lipinski definition) is 2. The minimum absolute atomic E-state index is 0.000833. The molecular weight excluding hydrogens is 176 g/mol. The highest BCUT2D eigenvalue weighted by molar-refractivity contribution is 5.82. The minimum Gasteiger partial charge on any atom is -0.368 e. The predicted molar refractivity (Wildman–Crippen MR) is 42.0 cm³/mol. The van der Waals surface area contributed by atoms with Crippen LogP contribution >= 0.6 is 0 Å². The number of nitrogens with two attached hydrogens (primary N) is 1. The van der Waals surface area contributed by atoms with Crippen molar-refractivity contribution < 1.29 is 9.84 Å². The Balaban J connectivity index is 2.77. The van der Waals surface area contributed by atoms with Gasteiger partial charge in [-0.2, -0.15) is 9.97 Å². The average molecular weight is 182 g/mol. The van der Waals surface area contributed by atoms with Crippen LogP contribution < -0.4 is 10.8 Å². The van der Waals surface area contributed by atoms with Crippen LogP contribution in [0.1, 0.15) is 0 Å². The summed E-state index contributed by atoms with van der Waals surface area (Å²) in [6.07, 6.45) is 0. The van der Waals surface area contributed by atoms with Crippen molar-refractivity contribution in [1.29, 1.82) is 0 Å². The summed E-state index contributed by atoms with van der Waals surface area (Å²) in [7, 11) is 1.38. The van der Waals surface area contributed by atoms with Crippen molar-refractivity contribution >= 4 is 22.9 Å². The summed E-state index contributed by atoms with van der Waals surface area (Å²) in [6, 6.07) is 0. The molecule has 2 heterocycles. The van der Waals surface area contributed by atoms with E-state index in [1.165, 1.54) is 7.05 Å². The standard InChI is InChI=1S/C5H6N6O2/c1-11(12)4-2-3(10-13-9-2)7-5(6)8-4/h12H,1H3,(H2,6,7,10). The van der Waals surface area contributed by atoms with Gasteiger partial charge >= 0.3 is 0 Å². The molecule has 0 aliphatic carbocycles. The van der Waals surface area contributed by atoms with Crippen LogP contribution in [0, 0.1) is 0 Å². The summed E-state index contributed by atoms with van der Waals surface area (Å²) in [5.41, 5.74) is 5.83. The molecule has 0 radical (unpaired) electrons. The third-order valence-electron chi connectivity index (χ3n) is 1.43. The van der Waals surface area contributed by atoms with Gasteiger partial charge in [0.2, 0.25) is 11.6 Å². The third-order valence-corrected chi connectivity index (χ3v) is 1.43. The van der Waals surface area contributed by atoms with E-state index in [1.54, 1.807) is 0 Å². The number of fused-ring (bicyclic) bond motifs is 1. The molecule has 0 saturated carbocycles. The van der Waals surface area contributed by atoms with Crippen LogP contribution in [0.15, 0.2) is 4.63 Å². The number of aromatic nitrogens is 4. The Morgan fingerprint density at radius 1 is 1.38 bits per heavy atom. The maximum Gasteiger partial charge on any atom is 0.231 e. The number of nitrogens with zero attached hydrogens (tertiary/aromatic N) is 5. The molecule has 3 N–H and O–H groups in total. The molecular formula is C5H6N6O2. The molecule has 0 aliphatic rings. The lowest BCUT2D eigenvalue weighted by molar-refractivity contribution is 0.276. The molecule has 0 unspecified atom stereocenters. The average Bonchev–Trinajstić information content (AvgIpc) is 2.49. The molecule has 0 aromatic carbocycles. The molecule has 0 amide bonds. The summed E-state index contributed by atoms with van der Waals surface area (Å²) in [4.78, 5) is 7.49. The van der Waals surface area contributed by atoms with Gasteiger partial charge in [0.1, 0.15) is 0 Å². The van der Waals surface area contributed by atoms with E-state index in [1.807, 2.05) is 0 Å². The highest BCUT2D eigenvalue weighted by Crippen LogP contribution is 2.18. The Labute approximate surface area is 71.9 Å². The lowest BCUT2D eigenvalue weighted by atomic mass is 10.5. The van der Waals surface area contributed by atoms with Gasteiger partial charge in [0.05, 0.1) is 0 Å². The second-order valence-corrected chi connectivity index (χ2v) is 2.37. The third kappa shape index (κ3) is 1.12. The Morgan fingerprint density at radius 3 is 2.85 bits per heavy atom. The first-order valence-corrected chi connectivity index (χ1v) is 3.37. The number of nitrogen functional groups attached to an aromatic ring is 1. The van der Waals surface area contributed by atoms with Crippen molar-refractivity contribution in [3.63, 3.8) is 0 Å². The van der Waals surface area contributed by atoms with Gasteiger partial charge in [0.15, 0.2) is 11.3 Å². The van der Waals surface area contributed by atoms with E-state index >= 15 is 0 Å². The van der Waals surface area contributed by atoms with Gasteiger partial charge < -0.3 is 5.73 Å². The summed E-state index contributed by atoms with van der Waals surface area (Å²) in [5, 5.41) is 16.9. The van der Waals surface area contributed by atoms with E-state index in [4.69, 9.17) is 10.9 Å². The smallest absolute Gasteiger partial charge is 0.231 e. The van der Waals surface area contributed by atoms with Gasteiger partial charge in [-0.25, -0.2) is 9.69 Å². The Bertz CT molecular complexity index is 438. The lowest BCUT2D eigenvalue weighted by Crippen LogP contribution is -2.13. The van der Waals surface area contributed by atoms with E-state index in [9.17, 15) is 0 Å². The molecule has 68 valence electrons. The number of anilines is 2. The molecule has 0 fully saturated rings. The molecule has 2 rings (SSSR count). The van der Waals surface area contributed by atoms with Gasteiger partial charge in [-0.15, -0.1) is 0 Å². The predicted octanol–water partition coefficient (Wildman–Crippen LogP) is -0.580. The molecule has 0 atom stereocenters. The second-order valence-electron chi connectivity index (χ2n) is 2.37. The van der Waals surface area contributed by atoms with Crippen molar-refractivity contribution in [3.8, 4) is 0 Å². The summed E-state index contributed by atoms with van der Waals surface area (Å²) < 4.78 is 4.41. The van der Waals surface area contributed by atoms with E-state index in [2.05, 4.69) is 24.9 Å². The molecule has 8 heteroatoms. The first kappa shape index (κ1) is 7.68. The van der Waals surface area contributed by atoms with E-state index in [0.29, 0.717) is 0 Å². The van der Waals surface area contributed by atoms with Gasteiger partial charge in [0.25, 0.3) is 0 Å². The zero-order chi connectivity index (χ0) is 9.42. The van der Waals surface area contributed by atoms with E-state index < -0.39 is 0 Å². The Morgan fingerprint density at radius 2 is 2.15 bits per heavy atom. The maximum atomic E-state index is 9.14. The van der Waals surface area contributed by atoms with Crippen LogP contribution in [-0.2, 0) is 0 Å². The van der Waals surface area contributed by atoms with Crippen molar-refractivity contribution in [2.45, 2.75) is 0 Å². The summed E-state index contributed by atoms with van der Waals surface area (Å²) in [5.74, 6) is 0.155. The molecule has 2 aromatic rings. The largest absolute Gasteiger partial charge is 0.368 e. The molecule has 0 spiro atoms. The molecule has 0 aliphatic heterocycles. The molecule has 0 bridgehead atoms. The fourth-order valence-electron chi connectivity index (χ4n) is 0.919. The molecule has 0 saturated heterocycles. The fourth-order valence-corrected chi connectivity index (χ4v) is 0.919. The molecule has 2 aromatic heterocycles. The van der Waals surface area contributed by atoms with Crippen LogP contribution in [-0.4, -0.2) is 32.5 Å². The minimum atomic E-state index is -0.000833. The zero-order valence-electron chi connectivity index (χ0n) is 6.67. The lowest BCUT2D eigenvalue weighted by Gasteiger charge is -2.07. The quantitative estimate of drug-likeness (QED) is 0.563. The van der Waals surface area contributed by atoms with E-state index in [0.717, 1.165) is 5.06 Å². The molecule has 8 nitrogen and oxygen atoms in total. The Kier molecular flexibility index (Phi) is 1.49. The number of rotatable bonds is 1. The van der Waals surface area contributed by atoms with E-state index in [-0.39, 0.29) is 22.9 Å². The molecule has 13 heavy (non-hydrogen) atoms. The summed E-state index contributed by atoms with van der Waals surface area (Å²) in [6.45, 7) is 0. The monoisotopic (exact) mass is 182 g/mol. The van der Waals surface area contributed by atoms with Crippen molar-refractivity contribution in [1.82, 2.24) is 20.3 Å². The second kappa shape index (κ2) is 2.52. The topological polar surface area (TPSA) is 114 Å². The SMILES string of the molecule is CN(O)c1nc(N)nc2nonc12.